The van der Waals surface area contributed by atoms with E-state index in [4.69, 9.17) is 21.1 Å². The van der Waals surface area contributed by atoms with Crippen LogP contribution < -0.4 is 19.7 Å². The first-order valence-electron chi connectivity index (χ1n) is 10.4. The molecular weight excluding hydrogens is 456 g/mol. The van der Waals surface area contributed by atoms with Crippen LogP contribution in [0.4, 0.5) is 11.4 Å². The molecule has 1 N–H and O–H groups in total. The summed E-state index contributed by atoms with van der Waals surface area (Å²) < 4.78 is 10.6. The maximum absolute atomic E-state index is 12.9. The van der Waals surface area contributed by atoms with Crippen molar-refractivity contribution in [3.05, 3.63) is 94.1 Å². The fraction of sp³-hybridized carbons (Fsp3) is 0.115. The van der Waals surface area contributed by atoms with E-state index in [1.807, 2.05) is 19.9 Å². The number of carbonyl (C=O) groups is 3. The Morgan fingerprint density at radius 2 is 1.62 bits per heavy atom. The van der Waals surface area contributed by atoms with Gasteiger partial charge in [-0.2, -0.15) is 0 Å². The number of aryl methyl sites for hydroxylation is 2. The van der Waals surface area contributed by atoms with Gasteiger partial charge in [-0.05, 0) is 73.5 Å². The number of nitrogens with zero attached hydrogens (tertiary/aromatic N) is 1. The number of ether oxygens (including phenoxy) is 2. The van der Waals surface area contributed by atoms with Crippen molar-refractivity contribution >= 4 is 40.8 Å². The third kappa shape index (κ3) is 4.51. The number of nitrogens with one attached hydrogen (secondary N) is 1. The number of rotatable bonds is 6. The predicted octanol–water partition coefficient (Wildman–Crippen LogP) is 4.97. The molecule has 0 unspecified atom stereocenters. The van der Waals surface area contributed by atoms with Gasteiger partial charge in [0.2, 0.25) is 0 Å². The van der Waals surface area contributed by atoms with Crippen LogP contribution in [0, 0.1) is 13.8 Å². The summed E-state index contributed by atoms with van der Waals surface area (Å²) in [6, 6.07) is 18.3. The minimum Gasteiger partial charge on any atom is -0.497 e. The molecule has 1 heterocycles. The lowest BCUT2D eigenvalue weighted by Gasteiger charge is -2.16. The summed E-state index contributed by atoms with van der Waals surface area (Å²) in [4.78, 5) is 39.0. The van der Waals surface area contributed by atoms with Crippen molar-refractivity contribution in [3.63, 3.8) is 0 Å². The van der Waals surface area contributed by atoms with E-state index in [0.29, 0.717) is 28.4 Å². The lowest BCUT2D eigenvalue weighted by Crippen LogP contribution is -2.32. The summed E-state index contributed by atoms with van der Waals surface area (Å²) in [5.74, 6) is -0.792. The first-order chi connectivity index (χ1) is 16.3. The van der Waals surface area contributed by atoms with Crippen molar-refractivity contribution in [2.24, 2.45) is 0 Å². The van der Waals surface area contributed by atoms with E-state index in [0.717, 1.165) is 16.0 Å². The number of imide groups is 1. The molecule has 0 atom stereocenters. The SMILES string of the molecule is COc1cccc(N2C(=O)C(Cl)=C(Nc3ccc(C(=O)Oc4ccc(C)c(C)c4)cc3)C2=O)c1. The summed E-state index contributed by atoms with van der Waals surface area (Å²) in [5.41, 5.74) is 3.22. The van der Waals surface area contributed by atoms with E-state index < -0.39 is 17.8 Å². The third-order valence-electron chi connectivity index (χ3n) is 5.42. The van der Waals surface area contributed by atoms with Gasteiger partial charge in [-0.25, -0.2) is 9.69 Å². The lowest BCUT2D eigenvalue weighted by molar-refractivity contribution is -0.120. The Bertz CT molecular complexity index is 1330. The Hall–Kier alpha value is -4.10. The number of halogens is 1. The van der Waals surface area contributed by atoms with Gasteiger partial charge < -0.3 is 14.8 Å². The zero-order valence-corrected chi connectivity index (χ0v) is 19.5. The van der Waals surface area contributed by atoms with Crippen LogP contribution in [0.25, 0.3) is 0 Å². The maximum Gasteiger partial charge on any atom is 0.343 e. The zero-order valence-electron chi connectivity index (χ0n) is 18.7. The molecule has 34 heavy (non-hydrogen) atoms. The largest absolute Gasteiger partial charge is 0.497 e. The average molecular weight is 477 g/mol. The van der Waals surface area contributed by atoms with Gasteiger partial charge in [0.25, 0.3) is 11.8 Å². The van der Waals surface area contributed by atoms with Gasteiger partial charge in [-0.1, -0.05) is 23.7 Å². The number of esters is 1. The lowest BCUT2D eigenvalue weighted by atomic mass is 10.1. The molecule has 7 nitrogen and oxygen atoms in total. The molecule has 0 aromatic heterocycles. The highest BCUT2D eigenvalue weighted by atomic mass is 35.5. The first kappa shape index (κ1) is 23.1. The maximum atomic E-state index is 12.9. The van der Waals surface area contributed by atoms with E-state index in [2.05, 4.69) is 5.32 Å². The van der Waals surface area contributed by atoms with Gasteiger partial charge in [0.1, 0.15) is 22.2 Å². The molecule has 0 spiro atoms. The second kappa shape index (κ2) is 9.41. The van der Waals surface area contributed by atoms with Gasteiger partial charge in [0.05, 0.1) is 18.4 Å². The summed E-state index contributed by atoms with van der Waals surface area (Å²) in [5, 5.41) is 2.65. The molecule has 0 bridgehead atoms. The number of methoxy groups -OCH3 is 1. The molecule has 0 aliphatic carbocycles. The van der Waals surface area contributed by atoms with Crippen molar-refractivity contribution in [1.29, 1.82) is 0 Å². The quantitative estimate of drug-likeness (QED) is 0.307. The first-order valence-corrected chi connectivity index (χ1v) is 10.8. The summed E-state index contributed by atoms with van der Waals surface area (Å²) in [7, 11) is 1.49. The minimum atomic E-state index is -0.643. The molecule has 3 aromatic carbocycles. The van der Waals surface area contributed by atoms with Crippen molar-refractivity contribution in [3.8, 4) is 11.5 Å². The normalized spacial score (nSPS) is 13.4. The predicted molar refractivity (Wildman–Crippen MR) is 129 cm³/mol. The molecule has 0 saturated carbocycles. The molecule has 0 radical (unpaired) electrons. The standard InChI is InChI=1S/C26H21ClN2O5/c1-15-7-12-21(13-16(15)2)34-26(32)17-8-10-18(11-9-17)28-23-22(27)24(30)29(25(23)31)19-5-4-6-20(14-19)33-3/h4-14,28H,1-3H3. The highest BCUT2D eigenvalue weighted by Gasteiger charge is 2.39. The fourth-order valence-electron chi connectivity index (χ4n) is 3.37. The molecule has 8 heteroatoms. The summed E-state index contributed by atoms with van der Waals surface area (Å²) >= 11 is 6.19. The second-order valence-electron chi connectivity index (χ2n) is 7.67. The Morgan fingerprint density at radius 1 is 0.882 bits per heavy atom. The third-order valence-corrected chi connectivity index (χ3v) is 5.77. The van der Waals surface area contributed by atoms with Crippen LogP contribution >= 0.6 is 11.6 Å². The molecule has 1 aliphatic heterocycles. The van der Waals surface area contributed by atoms with E-state index in [-0.39, 0.29) is 10.7 Å². The van der Waals surface area contributed by atoms with Gasteiger partial charge >= 0.3 is 5.97 Å². The van der Waals surface area contributed by atoms with Crippen LogP contribution in [0.3, 0.4) is 0 Å². The van der Waals surface area contributed by atoms with Crippen molar-refractivity contribution in [2.75, 3.05) is 17.3 Å². The number of hydrogen-bond donors (Lipinski definition) is 1. The summed E-state index contributed by atoms with van der Waals surface area (Å²) in [6.45, 7) is 3.92. The number of carbonyl (C=O) groups excluding carboxylic acids is 3. The minimum absolute atomic E-state index is 0.0556. The Kier molecular flexibility index (Phi) is 6.38. The topological polar surface area (TPSA) is 84.9 Å². The number of amides is 2. The van der Waals surface area contributed by atoms with Gasteiger partial charge in [0.15, 0.2) is 0 Å². The Labute approximate surface area is 201 Å². The van der Waals surface area contributed by atoms with Crippen LogP contribution in [0.5, 0.6) is 11.5 Å². The molecule has 4 rings (SSSR count). The Balaban J connectivity index is 1.48. The van der Waals surface area contributed by atoms with Crippen LogP contribution in [-0.2, 0) is 9.59 Å². The van der Waals surface area contributed by atoms with Crippen LogP contribution in [-0.4, -0.2) is 24.9 Å². The highest BCUT2D eigenvalue weighted by Crippen LogP contribution is 2.31. The smallest absolute Gasteiger partial charge is 0.343 e. The average Bonchev–Trinajstić information content (AvgIpc) is 3.05. The highest BCUT2D eigenvalue weighted by molar-refractivity contribution is 6.53. The van der Waals surface area contributed by atoms with Gasteiger partial charge in [-0.15, -0.1) is 0 Å². The van der Waals surface area contributed by atoms with Crippen LogP contribution in [0.15, 0.2) is 77.5 Å². The Morgan fingerprint density at radius 3 is 2.29 bits per heavy atom. The van der Waals surface area contributed by atoms with Crippen molar-refractivity contribution < 1.29 is 23.9 Å². The van der Waals surface area contributed by atoms with Crippen molar-refractivity contribution in [1.82, 2.24) is 0 Å². The molecule has 2 amide bonds. The fourth-order valence-corrected chi connectivity index (χ4v) is 3.59. The number of benzene rings is 3. The van der Waals surface area contributed by atoms with E-state index in [1.54, 1.807) is 60.7 Å². The molecule has 3 aromatic rings. The second-order valence-corrected chi connectivity index (χ2v) is 8.05. The van der Waals surface area contributed by atoms with Crippen LogP contribution in [0.2, 0.25) is 0 Å². The van der Waals surface area contributed by atoms with Gasteiger partial charge in [0, 0.05) is 11.8 Å². The molecule has 172 valence electrons. The van der Waals surface area contributed by atoms with Crippen molar-refractivity contribution in [2.45, 2.75) is 13.8 Å². The number of hydrogen-bond acceptors (Lipinski definition) is 6. The zero-order chi connectivity index (χ0) is 24.4. The molecule has 1 aliphatic rings. The van der Waals surface area contributed by atoms with E-state index in [9.17, 15) is 14.4 Å². The summed E-state index contributed by atoms with van der Waals surface area (Å²) in [6.07, 6.45) is 0. The van der Waals surface area contributed by atoms with Crippen LogP contribution in [0.1, 0.15) is 21.5 Å². The monoisotopic (exact) mass is 476 g/mol. The molecular formula is C26H21ClN2O5. The molecule has 0 saturated heterocycles. The van der Waals surface area contributed by atoms with E-state index >= 15 is 0 Å². The van der Waals surface area contributed by atoms with Gasteiger partial charge in [-0.3, -0.25) is 9.59 Å². The van der Waals surface area contributed by atoms with E-state index in [1.165, 1.54) is 7.11 Å². The number of anilines is 2. The molecule has 0 fully saturated rings.